The van der Waals surface area contributed by atoms with Crippen LogP contribution in [0.5, 0.6) is 17.2 Å². The quantitative estimate of drug-likeness (QED) is 0.240. The third kappa shape index (κ3) is 3.90. The van der Waals surface area contributed by atoms with E-state index in [9.17, 15) is 24.6 Å². The molecular weight excluding hydrogens is 466 g/mol. The van der Waals surface area contributed by atoms with Crippen molar-refractivity contribution in [2.45, 2.75) is 13.0 Å². The van der Waals surface area contributed by atoms with Crippen LogP contribution in [-0.4, -0.2) is 41.3 Å². The zero-order valence-electron chi connectivity index (χ0n) is 19.1. The zero-order chi connectivity index (χ0) is 25.4. The number of hydrogen-bond donors (Lipinski definition) is 2. The van der Waals surface area contributed by atoms with Crippen molar-refractivity contribution in [3.05, 3.63) is 89.0 Å². The van der Waals surface area contributed by atoms with E-state index in [0.717, 1.165) is 0 Å². The Labute approximate surface area is 205 Å². The molecule has 2 heterocycles. The number of ether oxygens (including phenoxy) is 3. The second-order valence-electron chi connectivity index (χ2n) is 8.10. The molecule has 9 heteroatoms. The maximum Gasteiger partial charge on any atom is 0.338 e. The van der Waals surface area contributed by atoms with Gasteiger partial charge in [-0.25, -0.2) is 4.79 Å². The molecule has 1 unspecified atom stereocenters. The minimum atomic E-state index is -1.05. The van der Waals surface area contributed by atoms with Crippen LogP contribution in [0.2, 0.25) is 0 Å². The first-order valence-electron chi connectivity index (χ1n) is 11.2. The average Bonchev–Trinajstić information content (AvgIpc) is 3.46. The average molecular weight is 487 g/mol. The first-order chi connectivity index (χ1) is 17.4. The first kappa shape index (κ1) is 23.0. The summed E-state index contributed by atoms with van der Waals surface area (Å²) in [5.74, 6) is -1.85. The Morgan fingerprint density at radius 1 is 1.00 bits per heavy atom. The number of amides is 1. The van der Waals surface area contributed by atoms with Gasteiger partial charge in [0.15, 0.2) is 11.5 Å². The number of benzene rings is 3. The van der Waals surface area contributed by atoms with E-state index >= 15 is 0 Å². The lowest BCUT2D eigenvalue weighted by atomic mass is 9.95. The summed E-state index contributed by atoms with van der Waals surface area (Å²) in [6.07, 6.45) is 0. The molecule has 0 spiro atoms. The van der Waals surface area contributed by atoms with Gasteiger partial charge in [-0.1, -0.05) is 12.1 Å². The summed E-state index contributed by atoms with van der Waals surface area (Å²) in [6, 6.07) is 15.8. The first-order valence-corrected chi connectivity index (χ1v) is 11.2. The second kappa shape index (κ2) is 9.10. The number of carbonyl (C=O) groups is 3. The molecule has 2 aliphatic heterocycles. The van der Waals surface area contributed by atoms with Gasteiger partial charge in [0.2, 0.25) is 6.79 Å². The molecule has 0 saturated carbocycles. The fourth-order valence-corrected chi connectivity index (χ4v) is 4.28. The molecule has 1 saturated heterocycles. The predicted octanol–water partition coefficient (Wildman–Crippen LogP) is 3.92. The van der Waals surface area contributed by atoms with Crippen LogP contribution in [0.15, 0.2) is 72.3 Å². The molecular formula is C27H21NO8. The van der Waals surface area contributed by atoms with Crippen LogP contribution >= 0.6 is 0 Å². The topological polar surface area (TPSA) is 123 Å². The molecule has 5 rings (SSSR count). The SMILES string of the molecule is CCOC(=O)c1ccc(N2C(=O)C(=O)/C(=C(\O)c3ccc4c(c3)OCO4)C2c2cccc(O)c2)cc1. The number of rotatable bonds is 5. The summed E-state index contributed by atoms with van der Waals surface area (Å²) in [6.45, 7) is 1.95. The van der Waals surface area contributed by atoms with Gasteiger partial charge in [0.05, 0.1) is 23.8 Å². The molecule has 1 atom stereocenters. The van der Waals surface area contributed by atoms with Crippen LogP contribution in [-0.2, 0) is 14.3 Å². The molecule has 0 aliphatic carbocycles. The molecule has 0 radical (unpaired) electrons. The standard InChI is InChI=1S/C27H21NO8/c1-2-34-27(33)15-6-9-18(10-7-15)28-23(16-4-3-5-19(29)12-16)22(25(31)26(28)32)24(30)17-8-11-20-21(13-17)36-14-35-20/h3-13,23,29-30H,2,14H2,1H3/b24-22-. The number of Topliss-reactive ketones (excluding diaryl/α,β-unsaturated/α-hetero) is 1. The summed E-state index contributed by atoms with van der Waals surface area (Å²) in [5, 5.41) is 21.4. The van der Waals surface area contributed by atoms with Gasteiger partial charge in [0.25, 0.3) is 11.7 Å². The Morgan fingerprint density at radius 3 is 2.44 bits per heavy atom. The molecule has 2 aliphatic rings. The molecule has 3 aromatic carbocycles. The van der Waals surface area contributed by atoms with Crippen LogP contribution in [0.3, 0.4) is 0 Å². The van der Waals surface area contributed by atoms with Crippen LogP contribution in [0.4, 0.5) is 5.69 Å². The molecule has 1 amide bonds. The third-order valence-electron chi connectivity index (χ3n) is 5.93. The molecule has 2 N–H and O–H groups in total. The van der Waals surface area contributed by atoms with E-state index in [1.807, 2.05) is 0 Å². The smallest absolute Gasteiger partial charge is 0.338 e. The van der Waals surface area contributed by atoms with Crippen molar-refractivity contribution in [2.24, 2.45) is 0 Å². The van der Waals surface area contributed by atoms with Crippen molar-refractivity contribution in [3.63, 3.8) is 0 Å². The van der Waals surface area contributed by atoms with Crippen molar-refractivity contribution < 1.29 is 38.8 Å². The summed E-state index contributed by atoms with van der Waals surface area (Å²) in [7, 11) is 0. The van der Waals surface area contributed by atoms with Crippen molar-refractivity contribution in [1.29, 1.82) is 0 Å². The van der Waals surface area contributed by atoms with Gasteiger partial charge in [0, 0.05) is 11.3 Å². The maximum absolute atomic E-state index is 13.3. The molecule has 9 nitrogen and oxygen atoms in total. The lowest BCUT2D eigenvalue weighted by molar-refractivity contribution is -0.132. The molecule has 182 valence electrons. The lowest BCUT2D eigenvalue weighted by Crippen LogP contribution is -2.29. The van der Waals surface area contributed by atoms with Crippen molar-refractivity contribution in [3.8, 4) is 17.2 Å². The van der Waals surface area contributed by atoms with Gasteiger partial charge in [-0.3, -0.25) is 14.5 Å². The molecule has 36 heavy (non-hydrogen) atoms. The number of aromatic hydroxyl groups is 1. The minimum Gasteiger partial charge on any atom is -0.508 e. The Bertz CT molecular complexity index is 1410. The van der Waals surface area contributed by atoms with E-state index < -0.39 is 29.5 Å². The minimum absolute atomic E-state index is 0.0367. The Balaban J connectivity index is 1.64. The van der Waals surface area contributed by atoms with E-state index in [2.05, 4.69) is 0 Å². The van der Waals surface area contributed by atoms with E-state index in [4.69, 9.17) is 14.2 Å². The van der Waals surface area contributed by atoms with E-state index in [1.165, 1.54) is 47.4 Å². The van der Waals surface area contributed by atoms with Crippen LogP contribution in [0.25, 0.3) is 5.76 Å². The highest BCUT2D eigenvalue weighted by atomic mass is 16.7. The summed E-state index contributed by atoms with van der Waals surface area (Å²) >= 11 is 0. The highest BCUT2D eigenvalue weighted by Crippen LogP contribution is 2.44. The largest absolute Gasteiger partial charge is 0.508 e. The Kier molecular flexibility index (Phi) is 5.81. The number of carbonyl (C=O) groups excluding carboxylic acids is 3. The van der Waals surface area contributed by atoms with Gasteiger partial charge in [-0.15, -0.1) is 0 Å². The van der Waals surface area contributed by atoms with Crippen LogP contribution in [0, 0.1) is 0 Å². The number of phenols is 1. The van der Waals surface area contributed by atoms with Crippen LogP contribution in [0.1, 0.15) is 34.5 Å². The van der Waals surface area contributed by atoms with E-state index in [-0.39, 0.29) is 35.8 Å². The van der Waals surface area contributed by atoms with E-state index in [0.29, 0.717) is 22.7 Å². The number of aliphatic hydroxyl groups is 1. The molecule has 0 bridgehead atoms. The number of esters is 1. The van der Waals surface area contributed by atoms with Gasteiger partial charge in [-0.2, -0.15) is 0 Å². The summed E-state index contributed by atoms with van der Waals surface area (Å²) < 4.78 is 15.7. The maximum atomic E-state index is 13.3. The number of anilines is 1. The molecule has 3 aromatic rings. The predicted molar refractivity (Wildman–Crippen MR) is 128 cm³/mol. The summed E-state index contributed by atoms with van der Waals surface area (Å²) in [4.78, 5) is 39.8. The van der Waals surface area contributed by atoms with Crippen molar-refractivity contribution in [1.82, 2.24) is 0 Å². The number of hydrogen-bond acceptors (Lipinski definition) is 8. The normalized spacial score (nSPS) is 17.9. The number of phenolic OH excluding ortho intramolecular Hbond substituents is 1. The highest BCUT2D eigenvalue weighted by Gasteiger charge is 2.47. The fourth-order valence-electron chi connectivity index (χ4n) is 4.28. The third-order valence-corrected chi connectivity index (χ3v) is 5.93. The Morgan fingerprint density at radius 2 is 1.72 bits per heavy atom. The van der Waals surface area contributed by atoms with Gasteiger partial charge in [0.1, 0.15) is 11.5 Å². The monoisotopic (exact) mass is 487 g/mol. The van der Waals surface area contributed by atoms with Gasteiger partial charge >= 0.3 is 5.97 Å². The Hall–Kier alpha value is -4.79. The van der Waals surface area contributed by atoms with Crippen LogP contribution < -0.4 is 14.4 Å². The fraction of sp³-hybridized carbons (Fsp3) is 0.148. The second-order valence-corrected chi connectivity index (χ2v) is 8.10. The van der Waals surface area contributed by atoms with Gasteiger partial charge < -0.3 is 24.4 Å². The highest BCUT2D eigenvalue weighted by molar-refractivity contribution is 6.51. The lowest BCUT2D eigenvalue weighted by Gasteiger charge is -2.25. The van der Waals surface area contributed by atoms with Crippen molar-refractivity contribution >= 4 is 29.1 Å². The zero-order valence-corrected chi connectivity index (χ0v) is 19.1. The summed E-state index contributed by atoms with van der Waals surface area (Å²) in [5.41, 5.74) is 1.12. The van der Waals surface area contributed by atoms with E-state index in [1.54, 1.807) is 31.2 Å². The number of fused-ring (bicyclic) bond motifs is 1. The van der Waals surface area contributed by atoms with Crippen molar-refractivity contribution in [2.75, 3.05) is 18.3 Å². The van der Waals surface area contributed by atoms with Gasteiger partial charge in [-0.05, 0) is 67.1 Å². The molecule has 0 aromatic heterocycles. The number of nitrogens with zero attached hydrogens (tertiary/aromatic N) is 1. The number of aliphatic hydroxyl groups excluding tert-OH is 1. The number of ketones is 1. The molecule has 1 fully saturated rings.